The molecule has 0 radical (unpaired) electrons. The number of thiophene rings is 1. The van der Waals surface area contributed by atoms with Gasteiger partial charge in [0.05, 0.1) is 0 Å². The normalized spacial score (nSPS) is 12.9. The van der Waals surface area contributed by atoms with Crippen LogP contribution in [-0.4, -0.2) is 11.9 Å². The minimum absolute atomic E-state index is 0.438. The van der Waals surface area contributed by atoms with Crippen LogP contribution >= 0.6 is 11.3 Å². The van der Waals surface area contributed by atoms with Crippen LogP contribution in [0.1, 0.15) is 29.0 Å². The fourth-order valence-corrected chi connectivity index (χ4v) is 2.81. The van der Waals surface area contributed by atoms with Crippen LogP contribution in [0.25, 0.3) is 0 Å². The Morgan fingerprint density at radius 2 is 2.11 bits per heavy atom. The fourth-order valence-electron chi connectivity index (χ4n) is 1.96. The summed E-state index contributed by atoms with van der Waals surface area (Å²) in [5.41, 5.74) is 9.24. The van der Waals surface area contributed by atoms with E-state index in [9.17, 15) is 0 Å². The SMILES string of the molecule is Cc1ccc(CN(C)C(C)c2cccs2)cc1N. The number of rotatable bonds is 4. The van der Waals surface area contributed by atoms with Gasteiger partial charge in [-0.3, -0.25) is 4.90 Å². The van der Waals surface area contributed by atoms with E-state index in [0.29, 0.717) is 6.04 Å². The zero-order valence-electron chi connectivity index (χ0n) is 11.2. The summed E-state index contributed by atoms with van der Waals surface area (Å²) in [6, 6.07) is 11.1. The van der Waals surface area contributed by atoms with Gasteiger partial charge in [0.1, 0.15) is 0 Å². The number of anilines is 1. The minimum atomic E-state index is 0.438. The Morgan fingerprint density at radius 3 is 2.72 bits per heavy atom. The molecule has 0 aliphatic rings. The van der Waals surface area contributed by atoms with Gasteiger partial charge in [0.15, 0.2) is 0 Å². The smallest absolute Gasteiger partial charge is 0.0413 e. The molecule has 3 heteroatoms. The Labute approximate surface area is 113 Å². The topological polar surface area (TPSA) is 29.3 Å². The standard InChI is InChI=1S/C15H20N2S/c1-11-6-7-13(9-14(11)16)10-17(3)12(2)15-5-4-8-18-15/h4-9,12H,10,16H2,1-3H3. The summed E-state index contributed by atoms with van der Waals surface area (Å²) in [5.74, 6) is 0. The quantitative estimate of drug-likeness (QED) is 0.846. The molecule has 0 aliphatic heterocycles. The summed E-state index contributed by atoms with van der Waals surface area (Å²) in [4.78, 5) is 3.74. The fraction of sp³-hybridized carbons (Fsp3) is 0.333. The number of aryl methyl sites for hydroxylation is 1. The van der Waals surface area contributed by atoms with Crippen molar-refractivity contribution < 1.29 is 0 Å². The highest BCUT2D eigenvalue weighted by atomic mass is 32.1. The van der Waals surface area contributed by atoms with E-state index in [0.717, 1.165) is 17.8 Å². The van der Waals surface area contributed by atoms with Crippen LogP contribution < -0.4 is 5.73 Å². The lowest BCUT2D eigenvalue weighted by molar-refractivity contribution is 0.256. The monoisotopic (exact) mass is 260 g/mol. The highest BCUT2D eigenvalue weighted by Crippen LogP contribution is 2.25. The third-order valence-corrected chi connectivity index (χ3v) is 4.43. The first-order chi connectivity index (χ1) is 8.58. The summed E-state index contributed by atoms with van der Waals surface area (Å²) in [6.45, 7) is 5.20. The maximum Gasteiger partial charge on any atom is 0.0413 e. The summed E-state index contributed by atoms with van der Waals surface area (Å²) >= 11 is 1.81. The lowest BCUT2D eigenvalue weighted by Gasteiger charge is -2.24. The van der Waals surface area contributed by atoms with Gasteiger partial charge in [0.2, 0.25) is 0 Å². The molecule has 18 heavy (non-hydrogen) atoms. The Bertz CT molecular complexity index is 505. The van der Waals surface area contributed by atoms with Gasteiger partial charge in [0.25, 0.3) is 0 Å². The third-order valence-electron chi connectivity index (χ3n) is 3.39. The molecule has 1 unspecified atom stereocenters. The lowest BCUT2D eigenvalue weighted by atomic mass is 10.1. The van der Waals surface area contributed by atoms with Gasteiger partial charge < -0.3 is 5.73 Å². The Balaban J connectivity index is 2.06. The van der Waals surface area contributed by atoms with Crippen molar-refractivity contribution in [1.82, 2.24) is 4.90 Å². The number of nitrogens with zero attached hydrogens (tertiary/aromatic N) is 1. The van der Waals surface area contributed by atoms with Crippen LogP contribution in [0.2, 0.25) is 0 Å². The van der Waals surface area contributed by atoms with E-state index in [-0.39, 0.29) is 0 Å². The molecule has 0 spiro atoms. The first-order valence-electron chi connectivity index (χ1n) is 6.16. The van der Waals surface area contributed by atoms with E-state index in [4.69, 9.17) is 5.73 Å². The van der Waals surface area contributed by atoms with E-state index in [1.165, 1.54) is 10.4 Å². The van der Waals surface area contributed by atoms with Crippen molar-refractivity contribution in [3.63, 3.8) is 0 Å². The van der Waals surface area contributed by atoms with Crippen molar-refractivity contribution in [2.24, 2.45) is 0 Å². The number of hydrogen-bond donors (Lipinski definition) is 1. The number of hydrogen-bond acceptors (Lipinski definition) is 3. The average Bonchev–Trinajstić information content (AvgIpc) is 2.86. The molecule has 2 N–H and O–H groups in total. The van der Waals surface area contributed by atoms with Crippen LogP contribution in [0.3, 0.4) is 0 Å². The molecule has 2 nitrogen and oxygen atoms in total. The molecule has 96 valence electrons. The van der Waals surface area contributed by atoms with Crippen LogP contribution in [-0.2, 0) is 6.54 Å². The van der Waals surface area contributed by atoms with E-state index >= 15 is 0 Å². The predicted molar refractivity (Wildman–Crippen MR) is 79.8 cm³/mol. The first kappa shape index (κ1) is 13.1. The van der Waals surface area contributed by atoms with Gasteiger partial charge >= 0.3 is 0 Å². The molecule has 2 rings (SSSR count). The van der Waals surface area contributed by atoms with Crippen molar-refractivity contribution >= 4 is 17.0 Å². The molecule has 0 fully saturated rings. The summed E-state index contributed by atoms with van der Waals surface area (Å²) in [5, 5.41) is 2.13. The Hall–Kier alpha value is -1.32. The maximum absolute atomic E-state index is 5.95. The minimum Gasteiger partial charge on any atom is -0.399 e. The van der Waals surface area contributed by atoms with Crippen molar-refractivity contribution in [2.75, 3.05) is 12.8 Å². The zero-order chi connectivity index (χ0) is 13.1. The van der Waals surface area contributed by atoms with Gasteiger partial charge in [0, 0.05) is 23.2 Å². The molecule has 2 aromatic rings. The molecule has 0 saturated carbocycles. The van der Waals surface area contributed by atoms with Gasteiger partial charge in [-0.25, -0.2) is 0 Å². The number of nitrogens with two attached hydrogens (primary N) is 1. The molecular formula is C15H20N2S. The summed E-state index contributed by atoms with van der Waals surface area (Å²) in [7, 11) is 2.15. The third kappa shape index (κ3) is 2.92. The van der Waals surface area contributed by atoms with Crippen molar-refractivity contribution in [3.8, 4) is 0 Å². The molecule has 0 saturated heterocycles. The summed E-state index contributed by atoms with van der Waals surface area (Å²) in [6.07, 6.45) is 0. The molecule has 1 aromatic heterocycles. The molecule has 1 atom stereocenters. The highest BCUT2D eigenvalue weighted by molar-refractivity contribution is 7.10. The van der Waals surface area contributed by atoms with E-state index < -0.39 is 0 Å². The molecule has 0 bridgehead atoms. The Kier molecular flexibility index (Phi) is 4.04. The largest absolute Gasteiger partial charge is 0.399 e. The molecule has 1 aromatic carbocycles. The Morgan fingerprint density at radius 1 is 1.33 bits per heavy atom. The highest BCUT2D eigenvalue weighted by Gasteiger charge is 2.12. The van der Waals surface area contributed by atoms with Crippen LogP contribution in [0.4, 0.5) is 5.69 Å². The second-order valence-corrected chi connectivity index (χ2v) is 5.78. The zero-order valence-corrected chi connectivity index (χ0v) is 12.0. The molecular weight excluding hydrogens is 240 g/mol. The van der Waals surface area contributed by atoms with Crippen molar-refractivity contribution in [2.45, 2.75) is 26.4 Å². The maximum atomic E-state index is 5.95. The second-order valence-electron chi connectivity index (χ2n) is 4.80. The van der Waals surface area contributed by atoms with Crippen LogP contribution in [0, 0.1) is 6.92 Å². The van der Waals surface area contributed by atoms with Crippen LogP contribution in [0.5, 0.6) is 0 Å². The number of benzene rings is 1. The summed E-state index contributed by atoms with van der Waals surface area (Å²) < 4.78 is 0. The first-order valence-corrected chi connectivity index (χ1v) is 7.04. The van der Waals surface area contributed by atoms with Crippen molar-refractivity contribution in [1.29, 1.82) is 0 Å². The van der Waals surface area contributed by atoms with E-state index in [2.05, 4.69) is 54.6 Å². The van der Waals surface area contributed by atoms with E-state index in [1.807, 2.05) is 18.3 Å². The van der Waals surface area contributed by atoms with Crippen LogP contribution in [0.15, 0.2) is 35.7 Å². The molecule has 1 heterocycles. The van der Waals surface area contributed by atoms with Gasteiger partial charge in [-0.2, -0.15) is 0 Å². The van der Waals surface area contributed by atoms with E-state index in [1.54, 1.807) is 0 Å². The average molecular weight is 260 g/mol. The second kappa shape index (κ2) is 5.55. The number of nitrogen functional groups attached to an aromatic ring is 1. The molecule has 0 amide bonds. The predicted octanol–water partition coefficient (Wildman–Crippen LogP) is 3.83. The molecule has 0 aliphatic carbocycles. The van der Waals surface area contributed by atoms with Crippen molar-refractivity contribution in [3.05, 3.63) is 51.7 Å². The van der Waals surface area contributed by atoms with Gasteiger partial charge in [-0.15, -0.1) is 11.3 Å². The van der Waals surface area contributed by atoms with Gasteiger partial charge in [-0.1, -0.05) is 18.2 Å². The van der Waals surface area contributed by atoms with Gasteiger partial charge in [-0.05, 0) is 49.5 Å². The lowest BCUT2D eigenvalue weighted by Crippen LogP contribution is -2.21.